The molecule has 0 saturated heterocycles. The van der Waals surface area contributed by atoms with E-state index in [0.717, 1.165) is 13.1 Å². The number of anilines is 2. The summed E-state index contributed by atoms with van der Waals surface area (Å²) < 4.78 is 0. The van der Waals surface area contributed by atoms with E-state index in [1.807, 2.05) is 7.05 Å². The zero-order valence-electron chi connectivity index (χ0n) is 11.1. The second-order valence-corrected chi connectivity index (χ2v) is 4.03. The van der Waals surface area contributed by atoms with Gasteiger partial charge in [0, 0.05) is 20.1 Å². The number of para-hydroxylation sites is 1. The zero-order chi connectivity index (χ0) is 13.5. The number of nitro benzene ring substituents is 1. The van der Waals surface area contributed by atoms with Crippen LogP contribution in [0.3, 0.4) is 0 Å². The van der Waals surface area contributed by atoms with E-state index in [-0.39, 0.29) is 10.6 Å². The maximum Gasteiger partial charge on any atom is 0.315 e. The highest BCUT2D eigenvalue weighted by Crippen LogP contribution is 2.32. The second-order valence-electron chi connectivity index (χ2n) is 4.03. The maximum absolute atomic E-state index is 11.1. The number of rotatable bonds is 7. The first-order valence-corrected chi connectivity index (χ1v) is 5.97. The normalized spacial score (nSPS) is 10.4. The molecule has 0 amide bonds. The minimum absolute atomic E-state index is 0.0964. The van der Waals surface area contributed by atoms with E-state index < -0.39 is 0 Å². The molecular formula is C12H20N4O2. The SMILES string of the molecule is CCN(C)CCNc1cccc(NC)c1[N+](=O)[O-]. The topological polar surface area (TPSA) is 70.4 Å². The van der Waals surface area contributed by atoms with Crippen LogP contribution in [0.15, 0.2) is 18.2 Å². The van der Waals surface area contributed by atoms with Gasteiger partial charge in [-0.05, 0) is 25.7 Å². The molecule has 0 spiro atoms. The lowest BCUT2D eigenvalue weighted by molar-refractivity contribution is -0.383. The highest BCUT2D eigenvalue weighted by Gasteiger charge is 2.18. The van der Waals surface area contributed by atoms with E-state index in [0.29, 0.717) is 17.9 Å². The van der Waals surface area contributed by atoms with Crippen molar-refractivity contribution in [1.82, 2.24) is 4.90 Å². The second kappa shape index (κ2) is 6.80. The third-order valence-electron chi connectivity index (χ3n) is 2.84. The first-order valence-electron chi connectivity index (χ1n) is 5.97. The van der Waals surface area contributed by atoms with Crippen molar-refractivity contribution in [2.75, 3.05) is 44.4 Å². The Labute approximate surface area is 107 Å². The predicted octanol–water partition coefficient (Wildman–Crippen LogP) is 2.00. The van der Waals surface area contributed by atoms with Crippen molar-refractivity contribution in [1.29, 1.82) is 0 Å². The van der Waals surface area contributed by atoms with Crippen LogP contribution in [-0.2, 0) is 0 Å². The fourth-order valence-corrected chi connectivity index (χ4v) is 1.62. The van der Waals surface area contributed by atoms with Gasteiger partial charge in [0.05, 0.1) is 4.92 Å². The lowest BCUT2D eigenvalue weighted by atomic mass is 10.2. The molecule has 0 radical (unpaired) electrons. The molecular weight excluding hydrogens is 232 g/mol. The Morgan fingerprint density at radius 2 is 2.06 bits per heavy atom. The molecule has 2 N–H and O–H groups in total. The van der Waals surface area contributed by atoms with Crippen LogP contribution in [0.4, 0.5) is 17.1 Å². The number of hydrogen-bond donors (Lipinski definition) is 2. The molecule has 0 fully saturated rings. The molecule has 1 rings (SSSR count). The largest absolute Gasteiger partial charge is 0.382 e. The fraction of sp³-hybridized carbons (Fsp3) is 0.500. The predicted molar refractivity (Wildman–Crippen MR) is 74.3 cm³/mol. The van der Waals surface area contributed by atoms with Crippen LogP contribution in [0.2, 0.25) is 0 Å². The van der Waals surface area contributed by atoms with Crippen molar-refractivity contribution in [2.45, 2.75) is 6.92 Å². The minimum Gasteiger partial charge on any atom is -0.382 e. The molecule has 100 valence electrons. The van der Waals surface area contributed by atoms with Crippen molar-refractivity contribution in [2.24, 2.45) is 0 Å². The van der Waals surface area contributed by atoms with Crippen LogP contribution >= 0.6 is 0 Å². The Kier molecular flexibility index (Phi) is 5.38. The van der Waals surface area contributed by atoms with Crippen LogP contribution in [0, 0.1) is 10.1 Å². The molecule has 0 aliphatic rings. The van der Waals surface area contributed by atoms with Gasteiger partial charge in [-0.2, -0.15) is 0 Å². The highest BCUT2D eigenvalue weighted by molar-refractivity contribution is 5.75. The van der Waals surface area contributed by atoms with Gasteiger partial charge in [-0.3, -0.25) is 10.1 Å². The summed E-state index contributed by atoms with van der Waals surface area (Å²) >= 11 is 0. The van der Waals surface area contributed by atoms with Gasteiger partial charge < -0.3 is 15.5 Å². The summed E-state index contributed by atoms with van der Waals surface area (Å²) in [5, 5.41) is 17.0. The van der Waals surface area contributed by atoms with E-state index in [2.05, 4.69) is 22.5 Å². The Hall–Kier alpha value is -1.82. The molecule has 0 aliphatic heterocycles. The smallest absolute Gasteiger partial charge is 0.315 e. The molecule has 0 aliphatic carbocycles. The Morgan fingerprint density at radius 3 is 2.61 bits per heavy atom. The molecule has 18 heavy (non-hydrogen) atoms. The molecule has 0 bridgehead atoms. The van der Waals surface area contributed by atoms with Crippen molar-refractivity contribution < 1.29 is 4.92 Å². The van der Waals surface area contributed by atoms with Crippen LogP contribution in [0.5, 0.6) is 0 Å². The summed E-state index contributed by atoms with van der Waals surface area (Å²) in [7, 11) is 3.69. The van der Waals surface area contributed by atoms with E-state index in [1.54, 1.807) is 25.2 Å². The number of nitrogens with zero attached hydrogens (tertiary/aromatic N) is 2. The summed E-state index contributed by atoms with van der Waals surface area (Å²) in [6, 6.07) is 5.22. The van der Waals surface area contributed by atoms with Crippen LogP contribution < -0.4 is 10.6 Å². The molecule has 1 aromatic rings. The van der Waals surface area contributed by atoms with Crippen molar-refractivity contribution >= 4 is 17.1 Å². The fourth-order valence-electron chi connectivity index (χ4n) is 1.62. The van der Waals surface area contributed by atoms with Gasteiger partial charge in [0.2, 0.25) is 0 Å². The standard InChI is InChI=1S/C12H20N4O2/c1-4-15(3)9-8-14-11-7-5-6-10(13-2)12(11)16(17)18/h5-7,13-14H,4,8-9H2,1-3H3. The van der Waals surface area contributed by atoms with Crippen LogP contribution in [-0.4, -0.2) is 43.6 Å². The van der Waals surface area contributed by atoms with Crippen molar-refractivity contribution in [3.05, 3.63) is 28.3 Å². The summed E-state index contributed by atoms with van der Waals surface area (Å²) in [6.45, 7) is 4.56. The lowest BCUT2D eigenvalue weighted by Gasteiger charge is -2.15. The molecule has 0 atom stereocenters. The Morgan fingerprint density at radius 1 is 1.39 bits per heavy atom. The summed E-state index contributed by atoms with van der Waals surface area (Å²) in [6.07, 6.45) is 0. The van der Waals surface area contributed by atoms with E-state index in [9.17, 15) is 10.1 Å². The van der Waals surface area contributed by atoms with Crippen molar-refractivity contribution in [3.63, 3.8) is 0 Å². The number of likely N-dealkylation sites (N-methyl/N-ethyl adjacent to an activating group) is 1. The molecule has 6 heteroatoms. The van der Waals surface area contributed by atoms with Crippen molar-refractivity contribution in [3.8, 4) is 0 Å². The van der Waals surface area contributed by atoms with Crippen LogP contribution in [0.1, 0.15) is 6.92 Å². The Bertz CT molecular complexity index is 409. The third-order valence-corrected chi connectivity index (χ3v) is 2.84. The van der Waals surface area contributed by atoms with Gasteiger partial charge in [0.25, 0.3) is 0 Å². The number of nitrogens with one attached hydrogen (secondary N) is 2. The first kappa shape index (κ1) is 14.2. The molecule has 6 nitrogen and oxygen atoms in total. The number of nitro groups is 1. The van der Waals surface area contributed by atoms with Crippen LogP contribution in [0.25, 0.3) is 0 Å². The molecule has 0 aromatic heterocycles. The number of benzene rings is 1. The average molecular weight is 252 g/mol. The van der Waals surface area contributed by atoms with E-state index in [1.165, 1.54) is 0 Å². The van der Waals surface area contributed by atoms with Gasteiger partial charge in [-0.25, -0.2) is 0 Å². The summed E-state index contributed by atoms with van der Waals surface area (Å²) in [5.41, 5.74) is 1.17. The minimum atomic E-state index is -0.363. The van der Waals surface area contributed by atoms with Gasteiger partial charge in [0.1, 0.15) is 11.4 Å². The number of hydrogen-bond acceptors (Lipinski definition) is 5. The monoisotopic (exact) mass is 252 g/mol. The molecule has 0 heterocycles. The maximum atomic E-state index is 11.1. The first-order chi connectivity index (χ1) is 8.60. The summed E-state index contributed by atoms with van der Waals surface area (Å²) in [4.78, 5) is 12.8. The molecule has 0 saturated carbocycles. The van der Waals surface area contributed by atoms with Gasteiger partial charge in [-0.1, -0.05) is 13.0 Å². The zero-order valence-corrected chi connectivity index (χ0v) is 11.1. The lowest BCUT2D eigenvalue weighted by Crippen LogP contribution is -2.24. The quantitative estimate of drug-likeness (QED) is 0.573. The van der Waals surface area contributed by atoms with Gasteiger partial charge in [-0.15, -0.1) is 0 Å². The van der Waals surface area contributed by atoms with E-state index in [4.69, 9.17) is 0 Å². The third kappa shape index (κ3) is 3.59. The summed E-state index contributed by atoms with van der Waals surface area (Å²) in [5.74, 6) is 0. The van der Waals surface area contributed by atoms with Gasteiger partial charge in [0.15, 0.2) is 0 Å². The molecule has 0 unspecified atom stereocenters. The average Bonchev–Trinajstić information content (AvgIpc) is 2.37. The van der Waals surface area contributed by atoms with E-state index >= 15 is 0 Å². The highest BCUT2D eigenvalue weighted by atomic mass is 16.6. The Balaban J connectivity index is 2.78. The molecule has 1 aromatic carbocycles. The van der Waals surface area contributed by atoms with Gasteiger partial charge >= 0.3 is 5.69 Å².